The van der Waals surface area contributed by atoms with Gasteiger partial charge < -0.3 is 19.9 Å². The molecular weight excluding hydrogens is 244 g/mol. The number of hydrogen-bond donors (Lipinski definition) is 2. The van der Waals surface area contributed by atoms with Crippen molar-refractivity contribution >= 4 is 22.6 Å². The van der Waals surface area contributed by atoms with Crippen LogP contribution in [0.4, 0.5) is 5.69 Å². The van der Waals surface area contributed by atoms with Crippen LogP contribution in [0.5, 0.6) is 0 Å². The lowest BCUT2D eigenvalue weighted by atomic mass is 10.2. The van der Waals surface area contributed by atoms with Crippen LogP contribution in [0.3, 0.4) is 0 Å². The molecule has 3 rings (SSSR count). The van der Waals surface area contributed by atoms with E-state index in [1.165, 1.54) is 0 Å². The van der Waals surface area contributed by atoms with Gasteiger partial charge in [-0.25, -0.2) is 4.98 Å². The molecule has 2 heterocycles. The molecule has 1 aromatic heterocycles. The van der Waals surface area contributed by atoms with E-state index in [1.54, 1.807) is 6.33 Å². The fraction of sp³-hybridized carbons (Fsp3) is 0.385. The van der Waals surface area contributed by atoms with Gasteiger partial charge in [-0.15, -0.1) is 0 Å². The first kappa shape index (κ1) is 12.1. The first-order valence-electron chi connectivity index (χ1n) is 6.27. The average molecular weight is 260 g/mol. The molecule has 6 nitrogen and oxygen atoms in total. The highest BCUT2D eigenvalue weighted by Crippen LogP contribution is 2.17. The van der Waals surface area contributed by atoms with E-state index in [1.807, 2.05) is 29.8 Å². The van der Waals surface area contributed by atoms with Crippen molar-refractivity contribution in [3.05, 3.63) is 24.5 Å². The number of rotatable bonds is 2. The number of hydrogen-bond acceptors (Lipinski definition) is 4. The van der Waals surface area contributed by atoms with Crippen molar-refractivity contribution in [2.24, 2.45) is 7.05 Å². The van der Waals surface area contributed by atoms with Crippen LogP contribution in [-0.4, -0.2) is 41.3 Å². The standard InChI is InChI=1S/C13H16N4O2/c1-17-8-15-10-6-9(2-3-12(10)17)16-13(18)11-7-19-5-4-14-11/h2-3,6,8,11,14H,4-5,7H2,1H3,(H,16,18). The van der Waals surface area contributed by atoms with Gasteiger partial charge in [0.1, 0.15) is 6.04 Å². The Balaban J connectivity index is 1.75. The number of aromatic nitrogens is 2. The van der Waals surface area contributed by atoms with Crippen LogP contribution in [0.1, 0.15) is 0 Å². The summed E-state index contributed by atoms with van der Waals surface area (Å²) in [7, 11) is 1.94. The fourth-order valence-corrected chi connectivity index (χ4v) is 2.18. The molecule has 1 aliphatic heterocycles. The summed E-state index contributed by atoms with van der Waals surface area (Å²) in [5, 5.41) is 6.01. The summed E-state index contributed by atoms with van der Waals surface area (Å²) in [6.07, 6.45) is 1.76. The molecule has 0 bridgehead atoms. The van der Waals surface area contributed by atoms with E-state index in [9.17, 15) is 4.79 Å². The van der Waals surface area contributed by atoms with Gasteiger partial charge in [0.05, 0.1) is 30.6 Å². The van der Waals surface area contributed by atoms with E-state index in [0.29, 0.717) is 19.8 Å². The van der Waals surface area contributed by atoms with Crippen LogP contribution in [0, 0.1) is 0 Å². The molecule has 100 valence electrons. The van der Waals surface area contributed by atoms with Crippen LogP contribution in [0.15, 0.2) is 24.5 Å². The van der Waals surface area contributed by atoms with Crippen LogP contribution >= 0.6 is 0 Å². The van der Waals surface area contributed by atoms with Crippen molar-refractivity contribution in [2.75, 3.05) is 25.1 Å². The van der Waals surface area contributed by atoms with Crippen molar-refractivity contribution in [3.63, 3.8) is 0 Å². The van der Waals surface area contributed by atoms with E-state index in [4.69, 9.17) is 4.74 Å². The summed E-state index contributed by atoms with van der Waals surface area (Å²) in [4.78, 5) is 16.3. The molecule has 2 N–H and O–H groups in total. The number of morpholine rings is 1. The van der Waals surface area contributed by atoms with Crippen LogP contribution in [0.25, 0.3) is 11.0 Å². The Kier molecular flexibility index (Phi) is 3.18. The monoisotopic (exact) mass is 260 g/mol. The highest BCUT2D eigenvalue weighted by Gasteiger charge is 2.21. The number of fused-ring (bicyclic) bond motifs is 1. The zero-order chi connectivity index (χ0) is 13.2. The number of carbonyl (C=O) groups excluding carboxylic acids is 1. The van der Waals surface area contributed by atoms with Crippen molar-refractivity contribution in [1.82, 2.24) is 14.9 Å². The molecule has 1 unspecified atom stereocenters. The van der Waals surface area contributed by atoms with Gasteiger partial charge in [-0.3, -0.25) is 4.79 Å². The molecule has 0 saturated carbocycles. The van der Waals surface area contributed by atoms with Gasteiger partial charge in [0, 0.05) is 19.3 Å². The average Bonchev–Trinajstić information content (AvgIpc) is 2.81. The Morgan fingerprint density at radius 2 is 2.47 bits per heavy atom. The molecule has 1 atom stereocenters. The second kappa shape index (κ2) is 4.99. The third-order valence-electron chi connectivity index (χ3n) is 3.23. The number of nitrogens with zero attached hydrogens (tertiary/aromatic N) is 2. The quantitative estimate of drug-likeness (QED) is 0.825. The summed E-state index contributed by atoms with van der Waals surface area (Å²) in [6.45, 7) is 1.78. The topological polar surface area (TPSA) is 68.2 Å². The Labute approximate surface area is 110 Å². The number of benzene rings is 1. The van der Waals surface area contributed by atoms with E-state index < -0.39 is 0 Å². The number of aryl methyl sites for hydroxylation is 1. The molecule has 1 amide bonds. The van der Waals surface area contributed by atoms with Crippen molar-refractivity contribution in [3.8, 4) is 0 Å². The molecule has 1 aromatic carbocycles. The maximum Gasteiger partial charge on any atom is 0.243 e. The molecule has 1 aliphatic rings. The molecule has 19 heavy (non-hydrogen) atoms. The molecular formula is C13H16N4O2. The maximum absolute atomic E-state index is 12.0. The Morgan fingerprint density at radius 3 is 3.26 bits per heavy atom. The van der Waals surface area contributed by atoms with E-state index >= 15 is 0 Å². The van der Waals surface area contributed by atoms with Crippen LogP contribution < -0.4 is 10.6 Å². The van der Waals surface area contributed by atoms with Gasteiger partial charge in [-0.1, -0.05) is 0 Å². The predicted molar refractivity (Wildman–Crippen MR) is 72.0 cm³/mol. The SMILES string of the molecule is Cn1cnc2cc(NC(=O)C3COCCN3)ccc21. The lowest BCUT2D eigenvalue weighted by Gasteiger charge is -2.22. The first-order valence-corrected chi connectivity index (χ1v) is 6.27. The highest BCUT2D eigenvalue weighted by molar-refractivity contribution is 5.96. The zero-order valence-electron chi connectivity index (χ0n) is 10.7. The van der Waals surface area contributed by atoms with Gasteiger partial charge in [0.2, 0.25) is 5.91 Å². The Bertz CT molecular complexity index is 602. The third-order valence-corrected chi connectivity index (χ3v) is 3.23. The molecule has 6 heteroatoms. The van der Waals surface area contributed by atoms with E-state index in [2.05, 4.69) is 15.6 Å². The number of anilines is 1. The largest absolute Gasteiger partial charge is 0.378 e. The summed E-state index contributed by atoms with van der Waals surface area (Å²) in [5.74, 6) is -0.0741. The lowest BCUT2D eigenvalue weighted by molar-refractivity contribution is -0.120. The van der Waals surface area contributed by atoms with Crippen molar-refractivity contribution < 1.29 is 9.53 Å². The molecule has 0 spiro atoms. The number of amides is 1. The summed E-state index contributed by atoms with van der Waals surface area (Å²) < 4.78 is 7.22. The number of carbonyl (C=O) groups is 1. The number of ether oxygens (including phenoxy) is 1. The second-order valence-electron chi connectivity index (χ2n) is 4.63. The number of nitrogens with one attached hydrogen (secondary N) is 2. The Morgan fingerprint density at radius 1 is 1.58 bits per heavy atom. The zero-order valence-corrected chi connectivity index (χ0v) is 10.7. The van der Waals surface area contributed by atoms with Crippen molar-refractivity contribution in [2.45, 2.75) is 6.04 Å². The number of imidazole rings is 1. The van der Waals surface area contributed by atoms with Crippen molar-refractivity contribution in [1.29, 1.82) is 0 Å². The normalized spacial score (nSPS) is 19.5. The minimum absolute atomic E-state index is 0.0741. The molecule has 0 radical (unpaired) electrons. The van der Waals surface area contributed by atoms with E-state index in [-0.39, 0.29) is 11.9 Å². The lowest BCUT2D eigenvalue weighted by Crippen LogP contribution is -2.48. The molecule has 1 fully saturated rings. The van der Waals surface area contributed by atoms with Gasteiger partial charge >= 0.3 is 0 Å². The Hall–Kier alpha value is -1.92. The van der Waals surface area contributed by atoms with Gasteiger partial charge in [0.15, 0.2) is 0 Å². The molecule has 2 aromatic rings. The second-order valence-corrected chi connectivity index (χ2v) is 4.63. The molecule has 0 aliphatic carbocycles. The van der Waals surface area contributed by atoms with Gasteiger partial charge in [-0.2, -0.15) is 0 Å². The summed E-state index contributed by atoms with van der Waals surface area (Å²) in [5.41, 5.74) is 2.66. The predicted octanol–water partition coefficient (Wildman–Crippen LogP) is 0.500. The highest BCUT2D eigenvalue weighted by atomic mass is 16.5. The minimum atomic E-state index is -0.284. The molecule has 1 saturated heterocycles. The summed E-state index contributed by atoms with van der Waals surface area (Å²) in [6, 6.07) is 5.42. The summed E-state index contributed by atoms with van der Waals surface area (Å²) >= 11 is 0. The maximum atomic E-state index is 12.0. The van der Waals surface area contributed by atoms with Crippen LogP contribution in [0.2, 0.25) is 0 Å². The minimum Gasteiger partial charge on any atom is -0.378 e. The van der Waals surface area contributed by atoms with Crippen LogP contribution in [-0.2, 0) is 16.6 Å². The first-order chi connectivity index (χ1) is 9.24. The van der Waals surface area contributed by atoms with E-state index in [0.717, 1.165) is 16.7 Å². The fourth-order valence-electron chi connectivity index (χ4n) is 2.18. The van der Waals surface area contributed by atoms with Gasteiger partial charge in [0.25, 0.3) is 0 Å². The van der Waals surface area contributed by atoms with Gasteiger partial charge in [-0.05, 0) is 18.2 Å². The third kappa shape index (κ3) is 2.45. The smallest absolute Gasteiger partial charge is 0.243 e.